The van der Waals surface area contributed by atoms with Crippen LogP contribution in [0, 0.1) is 0 Å². The van der Waals surface area contributed by atoms with Crippen molar-refractivity contribution in [2.24, 2.45) is 5.73 Å². The Bertz CT molecular complexity index is 423. The van der Waals surface area contributed by atoms with E-state index in [4.69, 9.17) is 5.73 Å². The fourth-order valence-electron chi connectivity index (χ4n) is 2.25. The number of amides is 1. The fourth-order valence-corrected chi connectivity index (χ4v) is 2.25. The number of aromatic nitrogens is 2. The molecule has 1 atom stereocenters. The van der Waals surface area contributed by atoms with Gasteiger partial charge in [-0.25, -0.2) is 9.97 Å². The largest absolute Gasteiger partial charge is 0.357 e. The molecule has 2 heterocycles. The first kappa shape index (κ1) is 12.8. The number of nitrogens with two attached hydrogens (primary N) is 1. The molecule has 1 saturated heterocycles. The lowest BCUT2D eigenvalue weighted by atomic mass is 10.0. The van der Waals surface area contributed by atoms with E-state index in [1.165, 1.54) is 0 Å². The highest BCUT2D eigenvalue weighted by molar-refractivity contribution is 5.84. The summed E-state index contributed by atoms with van der Waals surface area (Å²) in [5, 5.41) is 2.70. The molecule has 1 aliphatic rings. The molecule has 6 nitrogen and oxygen atoms in total. The summed E-state index contributed by atoms with van der Waals surface area (Å²) in [5.41, 5.74) is 6.37. The van der Waals surface area contributed by atoms with Gasteiger partial charge in [-0.1, -0.05) is 0 Å². The molecule has 0 aromatic carbocycles. The molecule has 2 rings (SSSR count). The van der Waals surface area contributed by atoms with E-state index < -0.39 is 0 Å². The summed E-state index contributed by atoms with van der Waals surface area (Å²) < 4.78 is 0. The van der Waals surface area contributed by atoms with Crippen molar-refractivity contribution in [2.75, 3.05) is 18.5 Å². The van der Waals surface area contributed by atoms with Crippen molar-refractivity contribution in [3.05, 3.63) is 18.0 Å². The van der Waals surface area contributed by atoms with Gasteiger partial charge in [0.1, 0.15) is 6.04 Å². The van der Waals surface area contributed by atoms with Gasteiger partial charge in [0.15, 0.2) is 0 Å². The standard InChI is InChI=1S/C12H19N5O/c1-14-11(18)10-4-2-3-7-17(10)12-15-6-5-9(8-13)16-12/h5-6,10H,2-4,7-8,13H2,1H3,(H,14,18). The first-order chi connectivity index (χ1) is 8.76. The molecule has 1 fully saturated rings. The Labute approximate surface area is 107 Å². The number of nitrogens with one attached hydrogen (secondary N) is 1. The van der Waals surface area contributed by atoms with E-state index in [-0.39, 0.29) is 11.9 Å². The van der Waals surface area contributed by atoms with Crippen molar-refractivity contribution in [1.29, 1.82) is 0 Å². The Balaban J connectivity index is 2.24. The highest BCUT2D eigenvalue weighted by Gasteiger charge is 2.29. The van der Waals surface area contributed by atoms with E-state index in [9.17, 15) is 4.79 Å². The van der Waals surface area contributed by atoms with Crippen LogP contribution in [0.4, 0.5) is 5.95 Å². The van der Waals surface area contributed by atoms with Gasteiger partial charge in [-0.15, -0.1) is 0 Å². The van der Waals surface area contributed by atoms with Crippen LogP contribution in [0.5, 0.6) is 0 Å². The summed E-state index contributed by atoms with van der Waals surface area (Å²) in [6, 6.07) is 1.62. The number of piperidine rings is 1. The van der Waals surface area contributed by atoms with Crippen molar-refractivity contribution in [2.45, 2.75) is 31.8 Å². The fraction of sp³-hybridized carbons (Fsp3) is 0.583. The Morgan fingerprint density at radius 1 is 1.61 bits per heavy atom. The van der Waals surface area contributed by atoms with Crippen LogP contribution in [0.3, 0.4) is 0 Å². The third-order valence-corrected chi connectivity index (χ3v) is 3.22. The molecule has 18 heavy (non-hydrogen) atoms. The zero-order valence-corrected chi connectivity index (χ0v) is 10.6. The lowest BCUT2D eigenvalue weighted by Gasteiger charge is -2.34. The van der Waals surface area contributed by atoms with Crippen LogP contribution in [0.15, 0.2) is 12.3 Å². The molecule has 1 aromatic heterocycles. The molecule has 0 bridgehead atoms. The molecule has 1 aromatic rings. The van der Waals surface area contributed by atoms with Crippen molar-refractivity contribution in [1.82, 2.24) is 15.3 Å². The quantitative estimate of drug-likeness (QED) is 0.790. The molecular weight excluding hydrogens is 230 g/mol. The number of rotatable bonds is 3. The molecule has 1 unspecified atom stereocenters. The Hall–Kier alpha value is -1.69. The molecule has 6 heteroatoms. The van der Waals surface area contributed by atoms with Gasteiger partial charge in [0.2, 0.25) is 11.9 Å². The molecule has 0 saturated carbocycles. The minimum atomic E-state index is -0.170. The predicted octanol–water partition coefficient (Wildman–Crippen LogP) is 0.0402. The maximum atomic E-state index is 11.9. The number of nitrogens with zero attached hydrogens (tertiary/aromatic N) is 3. The summed E-state index contributed by atoms with van der Waals surface area (Å²) in [7, 11) is 1.66. The number of carbonyl (C=O) groups excluding carboxylic acids is 1. The average Bonchev–Trinajstić information content (AvgIpc) is 2.46. The van der Waals surface area contributed by atoms with Gasteiger partial charge in [-0.2, -0.15) is 0 Å². The van der Waals surface area contributed by atoms with Crippen LogP contribution in [-0.4, -0.2) is 35.5 Å². The van der Waals surface area contributed by atoms with Crippen LogP contribution >= 0.6 is 0 Å². The van der Waals surface area contributed by atoms with Crippen LogP contribution < -0.4 is 16.0 Å². The highest BCUT2D eigenvalue weighted by atomic mass is 16.2. The first-order valence-electron chi connectivity index (χ1n) is 6.26. The number of hydrogen-bond donors (Lipinski definition) is 2. The third-order valence-electron chi connectivity index (χ3n) is 3.22. The lowest BCUT2D eigenvalue weighted by Crippen LogP contribution is -2.49. The van der Waals surface area contributed by atoms with Gasteiger partial charge in [-0.05, 0) is 25.3 Å². The van der Waals surface area contributed by atoms with Crippen molar-refractivity contribution < 1.29 is 4.79 Å². The lowest BCUT2D eigenvalue weighted by molar-refractivity contribution is -0.122. The Morgan fingerprint density at radius 3 is 3.17 bits per heavy atom. The van der Waals surface area contributed by atoms with E-state index in [2.05, 4.69) is 15.3 Å². The summed E-state index contributed by atoms with van der Waals surface area (Å²) in [6.07, 6.45) is 4.66. The first-order valence-corrected chi connectivity index (χ1v) is 6.26. The molecule has 0 aliphatic carbocycles. The summed E-state index contributed by atoms with van der Waals surface area (Å²) in [4.78, 5) is 22.5. The van der Waals surface area contributed by atoms with Crippen molar-refractivity contribution >= 4 is 11.9 Å². The van der Waals surface area contributed by atoms with E-state index in [0.717, 1.165) is 31.5 Å². The topological polar surface area (TPSA) is 84.1 Å². The molecular formula is C12H19N5O. The minimum Gasteiger partial charge on any atom is -0.357 e. The predicted molar refractivity (Wildman–Crippen MR) is 69.0 cm³/mol. The summed E-state index contributed by atoms with van der Waals surface area (Å²) in [5.74, 6) is 0.628. The van der Waals surface area contributed by atoms with E-state index in [0.29, 0.717) is 12.5 Å². The van der Waals surface area contributed by atoms with E-state index in [1.54, 1.807) is 19.3 Å². The molecule has 3 N–H and O–H groups in total. The second-order valence-electron chi connectivity index (χ2n) is 4.37. The van der Waals surface area contributed by atoms with E-state index in [1.807, 2.05) is 4.90 Å². The Morgan fingerprint density at radius 2 is 2.44 bits per heavy atom. The second-order valence-corrected chi connectivity index (χ2v) is 4.37. The summed E-state index contributed by atoms with van der Waals surface area (Å²) >= 11 is 0. The van der Waals surface area contributed by atoms with Gasteiger partial charge < -0.3 is 16.0 Å². The number of likely N-dealkylation sites (N-methyl/N-ethyl adjacent to an activating group) is 1. The normalized spacial score (nSPS) is 19.7. The smallest absolute Gasteiger partial charge is 0.242 e. The molecule has 1 aliphatic heterocycles. The number of anilines is 1. The van der Waals surface area contributed by atoms with Crippen LogP contribution in [0.25, 0.3) is 0 Å². The Kier molecular flexibility index (Phi) is 4.09. The number of hydrogen-bond acceptors (Lipinski definition) is 5. The molecule has 98 valence electrons. The minimum absolute atomic E-state index is 0.0245. The second kappa shape index (κ2) is 5.77. The third kappa shape index (κ3) is 2.59. The van der Waals surface area contributed by atoms with Crippen molar-refractivity contribution in [3.8, 4) is 0 Å². The average molecular weight is 249 g/mol. The SMILES string of the molecule is CNC(=O)C1CCCCN1c1nccc(CN)n1. The zero-order chi connectivity index (χ0) is 13.0. The zero-order valence-electron chi connectivity index (χ0n) is 10.6. The van der Waals surface area contributed by atoms with Gasteiger partial charge in [0, 0.05) is 26.3 Å². The van der Waals surface area contributed by atoms with Crippen molar-refractivity contribution in [3.63, 3.8) is 0 Å². The monoisotopic (exact) mass is 249 g/mol. The van der Waals surface area contributed by atoms with Crippen LogP contribution in [-0.2, 0) is 11.3 Å². The van der Waals surface area contributed by atoms with Gasteiger partial charge in [-0.3, -0.25) is 4.79 Å². The maximum absolute atomic E-state index is 11.9. The van der Waals surface area contributed by atoms with Gasteiger partial charge in [0.25, 0.3) is 0 Å². The number of carbonyl (C=O) groups is 1. The van der Waals surface area contributed by atoms with Gasteiger partial charge in [0.05, 0.1) is 5.69 Å². The van der Waals surface area contributed by atoms with Gasteiger partial charge >= 0.3 is 0 Å². The van der Waals surface area contributed by atoms with E-state index >= 15 is 0 Å². The van der Waals surface area contributed by atoms with Crippen LogP contribution in [0.2, 0.25) is 0 Å². The maximum Gasteiger partial charge on any atom is 0.242 e. The molecule has 0 radical (unpaired) electrons. The molecule has 0 spiro atoms. The summed E-state index contributed by atoms with van der Waals surface area (Å²) in [6.45, 7) is 1.19. The van der Waals surface area contributed by atoms with Crippen LogP contribution in [0.1, 0.15) is 25.0 Å². The highest BCUT2D eigenvalue weighted by Crippen LogP contribution is 2.21. The molecule has 1 amide bonds.